The summed E-state index contributed by atoms with van der Waals surface area (Å²) in [4.78, 5) is 30.0. The van der Waals surface area contributed by atoms with Gasteiger partial charge in [0, 0.05) is 19.5 Å². The van der Waals surface area contributed by atoms with E-state index in [1.165, 1.54) is 24.1 Å². The van der Waals surface area contributed by atoms with Crippen molar-refractivity contribution in [3.63, 3.8) is 0 Å². The van der Waals surface area contributed by atoms with Crippen LogP contribution in [0.15, 0.2) is 108 Å². The van der Waals surface area contributed by atoms with E-state index in [1.54, 1.807) is 36.4 Å². The normalized spacial score (nSPS) is 12.0. The van der Waals surface area contributed by atoms with E-state index in [-0.39, 0.29) is 35.4 Å². The van der Waals surface area contributed by atoms with Gasteiger partial charge in [-0.15, -0.1) is 0 Å². The SMILES string of the molecule is COc1ccccc1N(CC(=O)N(Cc1ccc(C)cc1)[C@@H](Cc1ccccc1)C(=O)NCC(C)C)S(=O)(=O)c1ccc(C)cc1. The van der Waals surface area contributed by atoms with Gasteiger partial charge in [0.15, 0.2) is 0 Å². The van der Waals surface area contributed by atoms with Crippen LogP contribution in [-0.2, 0) is 32.6 Å². The second-order valence-electron chi connectivity index (χ2n) is 11.8. The van der Waals surface area contributed by atoms with Crippen LogP contribution in [0.25, 0.3) is 0 Å². The Balaban J connectivity index is 1.82. The summed E-state index contributed by atoms with van der Waals surface area (Å²) in [5.41, 5.74) is 3.88. The van der Waals surface area contributed by atoms with Gasteiger partial charge in [-0.05, 0) is 55.2 Å². The van der Waals surface area contributed by atoms with E-state index in [2.05, 4.69) is 5.32 Å². The highest BCUT2D eigenvalue weighted by Gasteiger charge is 2.35. The van der Waals surface area contributed by atoms with Crippen molar-refractivity contribution in [2.45, 2.75) is 51.6 Å². The van der Waals surface area contributed by atoms with Crippen molar-refractivity contribution in [1.29, 1.82) is 0 Å². The summed E-state index contributed by atoms with van der Waals surface area (Å²) in [6.07, 6.45) is 0.252. The number of methoxy groups -OCH3 is 1. The summed E-state index contributed by atoms with van der Waals surface area (Å²) in [7, 11) is -2.78. The van der Waals surface area contributed by atoms with E-state index in [0.29, 0.717) is 12.3 Å². The molecule has 1 atom stereocenters. The van der Waals surface area contributed by atoms with E-state index in [9.17, 15) is 18.0 Å². The smallest absolute Gasteiger partial charge is 0.264 e. The quantitative estimate of drug-likeness (QED) is 0.185. The molecule has 0 spiro atoms. The standard InChI is InChI=1S/C37H43N3O5S/c1-27(2)24-38-37(42)34(23-30-11-7-6-8-12-30)39(25-31-19-15-28(3)16-20-31)36(41)26-40(33-13-9-10-14-35(33)45-5)46(43,44)32-21-17-29(4)18-22-32/h6-22,27,34H,23-26H2,1-5H3,(H,38,42)/t34-/m0/s1. The Bertz CT molecular complexity index is 1710. The van der Waals surface area contributed by atoms with Gasteiger partial charge in [-0.2, -0.15) is 0 Å². The number of nitrogens with zero attached hydrogens (tertiary/aromatic N) is 2. The fraction of sp³-hybridized carbons (Fsp3) is 0.297. The lowest BCUT2D eigenvalue weighted by Gasteiger charge is -2.34. The van der Waals surface area contributed by atoms with Crippen LogP contribution in [0.3, 0.4) is 0 Å². The molecule has 4 rings (SSSR count). The first-order valence-corrected chi connectivity index (χ1v) is 16.8. The summed E-state index contributed by atoms with van der Waals surface area (Å²) in [6.45, 7) is 7.85. The first-order chi connectivity index (χ1) is 22.0. The number of aryl methyl sites for hydroxylation is 2. The molecule has 0 aliphatic rings. The van der Waals surface area contributed by atoms with Gasteiger partial charge >= 0.3 is 0 Å². The molecule has 0 heterocycles. The molecule has 0 aromatic heterocycles. The largest absolute Gasteiger partial charge is 0.495 e. The van der Waals surface area contributed by atoms with Gasteiger partial charge < -0.3 is 15.0 Å². The molecule has 0 unspecified atom stereocenters. The fourth-order valence-corrected chi connectivity index (χ4v) is 6.48. The molecule has 2 amide bonds. The molecule has 0 aliphatic carbocycles. The highest BCUT2D eigenvalue weighted by Crippen LogP contribution is 2.33. The summed E-state index contributed by atoms with van der Waals surface area (Å²) in [5.74, 6) is -0.333. The molecule has 8 nitrogen and oxygen atoms in total. The zero-order valence-corrected chi connectivity index (χ0v) is 28.0. The summed E-state index contributed by atoms with van der Waals surface area (Å²) in [6, 6.07) is 29.5. The molecule has 46 heavy (non-hydrogen) atoms. The number of carbonyl (C=O) groups excluding carboxylic acids is 2. The number of benzene rings is 4. The van der Waals surface area contributed by atoms with E-state index in [4.69, 9.17) is 4.74 Å². The van der Waals surface area contributed by atoms with Crippen LogP contribution in [-0.4, -0.2) is 51.4 Å². The minimum absolute atomic E-state index is 0.0393. The van der Waals surface area contributed by atoms with Crippen molar-refractivity contribution in [2.24, 2.45) is 5.92 Å². The van der Waals surface area contributed by atoms with Crippen LogP contribution in [0.4, 0.5) is 5.69 Å². The molecule has 4 aromatic carbocycles. The fourth-order valence-electron chi connectivity index (χ4n) is 5.05. The Morgan fingerprint density at radius 2 is 1.37 bits per heavy atom. The molecule has 9 heteroatoms. The lowest BCUT2D eigenvalue weighted by molar-refractivity contribution is -0.140. The number of amides is 2. The Hall–Kier alpha value is -4.63. The van der Waals surface area contributed by atoms with Crippen LogP contribution in [0, 0.1) is 19.8 Å². The average molecular weight is 642 g/mol. The number of hydrogen-bond donors (Lipinski definition) is 1. The number of ether oxygens (including phenoxy) is 1. The molecule has 0 fully saturated rings. The van der Waals surface area contributed by atoms with Crippen LogP contribution >= 0.6 is 0 Å². The van der Waals surface area contributed by atoms with Gasteiger partial charge in [0.1, 0.15) is 18.3 Å². The highest BCUT2D eigenvalue weighted by atomic mass is 32.2. The van der Waals surface area contributed by atoms with Gasteiger partial charge in [-0.3, -0.25) is 13.9 Å². The zero-order chi connectivity index (χ0) is 33.3. The average Bonchev–Trinajstić information content (AvgIpc) is 3.05. The van der Waals surface area contributed by atoms with E-state index < -0.39 is 28.5 Å². The molecule has 242 valence electrons. The van der Waals surface area contributed by atoms with Crippen LogP contribution in [0.1, 0.15) is 36.1 Å². The topological polar surface area (TPSA) is 96.0 Å². The van der Waals surface area contributed by atoms with Gasteiger partial charge in [0.2, 0.25) is 11.8 Å². The van der Waals surface area contributed by atoms with E-state index >= 15 is 0 Å². The van der Waals surface area contributed by atoms with Crippen molar-refractivity contribution in [3.05, 3.63) is 125 Å². The minimum atomic E-state index is -4.23. The van der Waals surface area contributed by atoms with E-state index in [0.717, 1.165) is 26.6 Å². The number of nitrogens with one attached hydrogen (secondary N) is 1. The number of rotatable bonds is 14. The minimum Gasteiger partial charge on any atom is -0.495 e. The Morgan fingerprint density at radius 1 is 0.783 bits per heavy atom. The number of sulfonamides is 1. The monoisotopic (exact) mass is 641 g/mol. The maximum Gasteiger partial charge on any atom is 0.264 e. The second kappa shape index (κ2) is 15.6. The molecule has 0 radical (unpaired) electrons. The van der Waals surface area contributed by atoms with Crippen molar-refractivity contribution in [2.75, 3.05) is 24.5 Å². The van der Waals surface area contributed by atoms with Crippen molar-refractivity contribution in [3.8, 4) is 5.75 Å². The zero-order valence-electron chi connectivity index (χ0n) is 27.1. The summed E-state index contributed by atoms with van der Waals surface area (Å²) < 4.78 is 35.1. The number of anilines is 1. The third kappa shape index (κ3) is 8.75. The maximum absolute atomic E-state index is 14.6. The van der Waals surface area contributed by atoms with Crippen molar-refractivity contribution < 1.29 is 22.7 Å². The van der Waals surface area contributed by atoms with E-state index in [1.807, 2.05) is 82.3 Å². The summed E-state index contributed by atoms with van der Waals surface area (Å²) >= 11 is 0. The molecule has 1 N–H and O–H groups in total. The molecule has 0 bridgehead atoms. The van der Waals surface area contributed by atoms with Crippen LogP contribution in [0.5, 0.6) is 5.75 Å². The maximum atomic E-state index is 14.6. The molecule has 0 saturated carbocycles. The molecule has 0 saturated heterocycles. The van der Waals surface area contributed by atoms with Gasteiger partial charge in [0.05, 0.1) is 17.7 Å². The van der Waals surface area contributed by atoms with Crippen molar-refractivity contribution in [1.82, 2.24) is 10.2 Å². The lowest BCUT2D eigenvalue weighted by atomic mass is 10.0. The van der Waals surface area contributed by atoms with Gasteiger partial charge in [-0.25, -0.2) is 8.42 Å². The number of hydrogen-bond acceptors (Lipinski definition) is 5. The van der Waals surface area contributed by atoms with Crippen LogP contribution < -0.4 is 14.4 Å². The molecule has 0 aliphatic heterocycles. The third-order valence-electron chi connectivity index (χ3n) is 7.67. The Morgan fingerprint density at radius 3 is 1.98 bits per heavy atom. The number of para-hydroxylation sites is 2. The van der Waals surface area contributed by atoms with Crippen molar-refractivity contribution >= 4 is 27.5 Å². The Kier molecular flexibility index (Phi) is 11.6. The molecular formula is C37H43N3O5S. The molecular weight excluding hydrogens is 598 g/mol. The first kappa shape index (κ1) is 34.2. The lowest BCUT2D eigenvalue weighted by Crippen LogP contribution is -2.53. The second-order valence-corrected chi connectivity index (χ2v) is 13.7. The van der Waals surface area contributed by atoms with Gasteiger partial charge in [-0.1, -0.05) is 104 Å². The predicted molar refractivity (Wildman–Crippen MR) is 182 cm³/mol. The Labute approximate surface area is 273 Å². The van der Waals surface area contributed by atoms with Gasteiger partial charge in [0.25, 0.3) is 10.0 Å². The first-order valence-electron chi connectivity index (χ1n) is 15.4. The summed E-state index contributed by atoms with van der Waals surface area (Å²) in [5, 5.41) is 3.01. The number of carbonyl (C=O) groups is 2. The predicted octanol–water partition coefficient (Wildman–Crippen LogP) is 5.92. The van der Waals surface area contributed by atoms with Crippen LogP contribution in [0.2, 0.25) is 0 Å². The molecule has 4 aromatic rings. The third-order valence-corrected chi connectivity index (χ3v) is 9.44. The highest BCUT2D eigenvalue weighted by molar-refractivity contribution is 7.92.